The van der Waals surface area contributed by atoms with Crippen LogP contribution in [0.3, 0.4) is 0 Å². The van der Waals surface area contributed by atoms with Gasteiger partial charge in [-0.3, -0.25) is 14.4 Å². The van der Waals surface area contributed by atoms with E-state index in [0.717, 1.165) is 30.1 Å². The zero-order valence-corrected chi connectivity index (χ0v) is 18.5. The zero-order valence-electron chi connectivity index (χ0n) is 18.5. The predicted molar refractivity (Wildman–Crippen MR) is 122 cm³/mol. The van der Waals surface area contributed by atoms with Gasteiger partial charge >= 0.3 is 0 Å². The molecule has 0 bridgehead atoms. The van der Waals surface area contributed by atoms with Crippen LogP contribution in [0.15, 0.2) is 60.7 Å². The van der Waals surface area contributed by atoms with E-state index in [4.69, 9.17) is 4.74 Å². The first-order chi connectivity index (χ1) is 15.1. The van der Waals surface area contributed by atoms with Crippen LogP contribution in [0.25, 0.3) is 11.3 Å². The molecule has 1 fully saturated rings. The van der Waals surface area contributed by atoms with Crippen molar-refractivity contribution in [3.8, 4) is 17.0 Å². The Morgan fingerprint density at radius 1 is 1.03 bits per heavy atom. The second-order valence-electron chi connectivity index (χ2n) is 7.88. The van der Waals surface area contributed by atoms with Crippen LogP contribution in [0.5, 0.6) is 5.75 Å². The molecule has 6 nitrogen and oxygen atoms in total. The molecular formula is C25H30N4O2. The first-order valence-corrected chi connectivity index (χ1v) is 10.9. The van der Waals surface area contributed by atoms with Gasteiger partial charge in [-0.15, -0.1) is 0 Å². The summed E-state index contributed by atoms with van der Waals surface area (Å²) >= 11 is 0. The number of nitrogens with zero attached hydrogens (tertiary/aromatic N) is 4. The summed E-state index contributed by atoms with van der Waals surface area (Å²) in [5.74, 6) is 0.793. The van der Waals surface area contributed by atoms with Crippen molar-refractivity contribution < 1.29 is 9.53 Å². The maximum atomic E-state index is 13.2. The largest absolute Gasteiger partial charge is 0.497 e. The monoisotopic (exact) mass is 418 g/mol. The van der Waals surface area contributed by atoms with E-state index in [0.29, 0.717) is 31.4 Å². The van der Waals surface area contributed by atoms with Gasteiger partial charge in [0.2, 0.25) is 0 Å². The minimum atomic E-state index is 0.00311. The summed E-state index contributed by atoms with van der Waals surface area (Å²) in [6.07, 6.45) is 0. The van der Waals surface area contributed by atoms with Gasteiger partial charge in [-0.1, -0.05) is 42.5 Å². The number of carbonyl (C=O) groups is 1. The van der Waals surface area contributed by atoms with Gasteiger partial charge in [0.05, 0.1) is 12.8 Å². The van der Waals surface area contributed by atoms with E-state index in [9.17, 15) is 4.79 Å². The molecule has 4 rings (SSSR count). The quantitative estimate of drug-likeness (QED) is 0.605. The second kappa shape index (κ2) is 9.35. The number of aromatic nitrogens is 2. The van der Waals surface area contributed by atoms with Crippen molar-refractivity contribution in [2.45, 2.75) is 26.4 Å². The van der Waals surface area contributed by atoms with Gasteiger partial charge in [0, 0.05) is 44.3 Å². The van der Waals surface area contributed by atoms with E-state index in [1.54, 1.807) is 7.11 Å². The average molecular weight is 419 g/mol. The Hall–Kier alpha value is -3.12. The minimum Gasteiger partial charge on any atom is -0.497 e. The van der Waals surface area contributed by atoms with E-state index in [-0.39, 0.29) is 5.91 Å². The molecule has 1 aromatic heterocycles. The van der Waals surface area contributed by atoms with E-state index in [2.05, 4.69) is 41.2 Å². The first kappa shape index (κ1) is 21.1. The number of ether oxygens (including phenoxy) is 1. The Kier molecular flexibility index (Phi) is 6.37. The molecule has 1 saturated heterocycles. The van der Waals surface area contributed by atoms with Crippen molar-refractivity contribution in [1.82, 2.24) is 19.6 Å². The van der Waals surface area contributed by atoms with E-state index in [1.807, 2.05) is 52.9 Å². The Bertz CT molecular complexity index is 1020. The van der Waals surface area contributed by atoms with Crippen molar-refractivity contribution in [3.05, 3.63) is 71.9 Å². The lowest BCUT2D eigenvalue weighted by molar-refractivity contribution is 0.0576. The Morgan fingerprint density at radius 2 is 1.77 bits per heavy atom. The van der Waals surface area contributed by atoms with Gasteiger partial charge in [-0.05, 0) is 37.6 Å². The molecule has 0 aliphatic carbocycles. The second-order valence-corrected chi connectivity index (χ2v) is 7.88. The molecule has 1 amide bonds. The van der Waals surface area contributed by atoms with Crippen molar-refractivity contribution >= 4 is 5.91 Å². The number of benzene rings is 2. The number of piperazine rings is 1. The van der Waals surface area contributed by atoms with Crippen LogP contribution in [0.2, 0.25) is 0 Å². The molecule has 2 heterocycles. The first-order valence-electron chi connectivity index (χ1n) is 10.9. The minimum absolute atomic E-state index is 0.00311. The molecule has 0 saturated carbocycles. The molecule has 1 aliphatic heterocycles. The standard InChI is InChI=1S/C25H30N4O2/c1-4-29-24(21-11-8-12-22(17-21)31-3)18-23(26-29)25(30)28-15-13-27(14-16-28)19(2)20-9-6-5-7-10-20/h5-12,17-19H,4,13-16H2,1-3H3/t19-/m1/s1. The lowest BCUT2D eigenvalue weighted by Crippen LogP contribution is -2.49. The topological polar surface area (TPSA) is 50.6 Å². The number of aryl methyl sites for hydroxylation is 1. The number of methoxy groups -OCH3 is 1. The molecular weight excluding hydrogens is 388 g/mol. The zero-order chi connectivity index (χ0) is 21.8. The summed E-state index contributed by atoms with van der Waals surface area (Å²) in [7, 11) is 1.66. The van der Waals surface area contributed by atoms with E-state index < -0.39 is 0 Å². The van der Waals surface area contributed by atoms with Gasteiger partial charge in [-0.25, -0.2) is 0 Å². The highest BCUT2D eigenvalue weighted by atomic mass is 16.5. The van der Waals surface area contributed by atoms with Gasteiger partial charge in [0.1, 0.15) is 5.75 Å². The maximum Gasteiger partial charge on any atom is 0.274 e. The lowest BCUT2D eigenvalue weighted by atomic mass is 10.1. The molecule has 1 aliphatic rings. The summed E-state index contributed by atoms with van der Waals surface area (Å²) in [4.78, 5) is 17.5. The summed E-state index contributed by atoms with van der Waals surface area (Å²) in [6.45, 7) is 8.11. The van der Waals surface area contributed by atoms with Crippen LogP contribution >= 0.6 is 0 Å². The molecule has 0 spiro atoms. The van der Waals surface area contributed by atoms with Crippen LogP contribution in [-0.4, -0.2) is 58.8 Å². The number of rotatable bonds is 6. The molecule has 2 aromatic carbocycles. The highest BCUT2D eigenvalue weighted by molar-refractivity contribution is 5.93. The summed E-state index contributed by atoms with van der Waals surface area (Å²) in [5.41, 5.74) is 3.74. The lowest BCUT2D eigenvalue weighted by Gasteiger charge is -2.38. The van der Waals surface area contributed by atoms with Crippen LogP contribution in [0.1, 0.15) is 35.9 Å². The summed E-state index contributed by atoms with van der Waals surface area (Å²) in [6, 6.07) is 20.6. The third kappa shape index (κ3) is 4.49. The molecule has 3 aromatic rings. The number of hydrogen-bond acceptors (Lipinski definition) is 4. The molecule has 162 valence electrons. The predicted octanol–water partition coefficient (Wildman–Crippen LogP) is 4.10. The van der Waals surface area contributed by atoms with Crippen LogP contribution in [0, 0.1) is 0 Å². The average Bonchev–Trinajstić information content (AvgIpc) is 3.28. The van der Waals surface area contributed by atoms with Gasteiger partial charge in [0.15, 0.2) is 5.69 Å². The van der Waals surface area contributed by atoms with E-state index in [1.165, 1.54) is 5.56 Å². The van der Waals surface area contributed by atoms with E-state index >= 15 is 0 Å². The SMILES string of the molecule is CCn1nc(C(=O)N2CCN([C@H](C)c3ccccc3)CC2)cc1-c1cccc(OC)c1. The summed E-state index contributed by atoms with van der Waals surface area (Å²) in [5, 5.41) is 4.61. The van der Waals surface area contributed by atoms with Crippen molar-refractivity contribution in [2.24, 2.45) is 0 Å². The maximum absolute atomic E-state index is 13.2. The third-order valence-corrected chi connectivity index (χ3v) is 6.10. The molecule has 0 N–H and O–H groups in total. The molecule has 0 unspecified atom stereocenters. The fourth-order valence-corrected chi connectivity index (χ4v) is 4.19. The van der Waals surface area contributed by atoms with Crippen LogP contribution in [0.4, 0.5) is 0 Å². The van der Waals surface area contributed by atoms with Gasteiger partial charge < -0.3 is 9.64 Å². The van der Waals surface area contributed by atoms with Crippen LogP contribution < -0.4 is 4.74 Å². The highest BCUT2D eigenvalue weighted by Crippen LogP contribution is 2.26. The highest BCUT2D eigenvalue weighted by Gasteiger charge is 2.27. The normalized spacial score (nSPS) is 15.6. The van der Waals surface area contributed by atoms with Crippen molar-refractivity contribution in [1.29, 1.82) is 0 Å². The van der Waals surface area contributed by atoms with Crippen molar-refractivity contribution in [3.63, 3.8) is 0 Å². The van der Waals surface area contributed by atoms with Gasteiger partial charge in [0.25, 0.3) is 5.91 Å². The fraction of sp³-hybridized carbons (Fsp3) is 0.360. The number of carbonyl (C=O) groups excluding carboxylic acids is 1. The molecule has 6 heteroatoms. The van der Waals surface area contributed by atoms with Crippen molar-refractivity contribution in [2.75, 3.05) is 33.3 Å². The Balaban J connectivity index is 1.46. The smallest absolute Gasteiger partial charge is 0.274 e. The summed E-state index contributed by atoms with van der Waals surface area (Å²) < 4.78 is 7.24. The fourth-order valence-electron chi connectivity index (χ4n) is 4.19. The van der Waals surface area contributed by atoms with Crippen LogP contribution in [-0.2, 0) is 6.54 Å². The number of hydrogen-bond donors (Lipinski definition) is 0. The Morgan fingerprint density at radius 3 is 2.45 bits per heavy atom. The molecule has 0 radical (unpaired) electrons. The molecule has 1 atom stereocenters. The number of amides is 1. The molecule has 31 heavy (non-hydrogen) atoms. The Labute approximate surface area is 184 Å². The van der Waals surface area contributed by atoms with Gasteiger partial charge in [-0.2, -0.15) is 5.10 Å². The third-order valence-electron chi connectivity index (χ3n) is 6.10.